The average Bonchev–Trinajstić information content (AvgIpc) is 2.80. The fourth-order valence-electron chi connectivity index (χ4n) is 2.58. The zero-order valence-corrected chi connectivity index (χ0v) is 13.0. The summed E-state index contributed by atoms with van der Waals surface area (Å²) < 4.78 is 0. The summed E-state index contributed by atoms with van der Waals surface area (Å²) >= 11 is 0. The lowest BCUT2D eigenvalue weighted by Gasteiger charge is -2.16. The molecule has 2 rings (SSSR count). The molecule has 0 saturated carbocycles. The molecule has 112 valence electrons. The highest BCUT2D eigenvalue weighted by molar-refractivity contribution is 5.95. The molecule has 3 nitrogen and oxygen atoms in total. The van der Waals surface area contributed by atoms with Gasteiger partial charge in [-0.05, 0) is 36.5 Å². The maximum atomic E-state index is 12.6. The zero-order chi connectivity index (χ0) is 15.4. The SMILES string of the molecule is Cc1ccc(C(=O)N2CC(C)C(C)C2)cc1C#CCCO. The Hall–Kier alpha value is -1.79. The van der Waals surface area contributed by atoms with Gasteiger partial charge in [-0.25, -0.2) is 0 Å². The largest absolute Gasteiger partial charge is 0.395 e. The Labute approximate surface area is 127 Å². The third kappa shape index (κ3) is 3.65. The molecule has 0 aliphatic carbocycles. The number of amides is 1. The van der Waals surface area contributed by atoms with Crippen LogP contribution in [0.4, 0.5) is 0 Å². The summed E-state index contributed by atoms with van der Waals surface area (Å²) in [5.41, 5.74) is 2.63. The summed E-state index contributed by atoms with van der Waals surface area (Å²) in [6.07, 6.45) is 0.457. The van der Waals surface area contributed by atoms with Crippen LogP contribution in [0.2, 0.25) is 0 Å². The second-order valence-electron chi connectivity index (χ2n) is 5.97. The molecule has 1 aromatic carbocycles. The topological polar surface area (TPSA) is 40.5 Å². The zero-order valence-electron chi connectivity index (χ0n) is 13.0. The van der Waals surface area contributed by atoms with Crippen molar-refractivity contribution < 1.29 is 9.90 Å². The normalized spacial score (nSPS) is 21.0. The third-order valence-electron chi connectivity index (χ3n) is 4.22. The molecule has 1 aromatic rings. The fraction of sp³-hybridized carbons (Fsp3) is 0.500. The second kappa shape index (κ2) is 6.78. The van der Waals surface area contributed by atoms with Gasteiger partial charge < -0.3 is 10.0 Å². The molecular formula is C18H23NO2. The summed E-state index contributed by atoms with van der Waals surface area (Å²) in [5, 5.41) is 8.79. The van der Waals surface area contributed by atoms with E-state index in [4.69, 9.17) is 5.11 Å². The van der Waals surface area contributed by atoms with Crippen molar-refractivity contribution in [3.05, 3.63) is 34.9 Å². The lowest BCUT2D eigenvalue weighted by molar-refractivity contribution is 0.0785. The lowest BCUT2D eigenvalue weighted by atomic mass is 10.0. The molecule has 0 radical (unpaired) electrons. The van der Waals surface area contributed by atoms with E-state index < -0.39 is 0 Å². The van der Waals surface area contributed by atoms with Gasteiger partial charge in [0.1, 0.15) is 0 Å². The lowest BCUT2D eigenvalue weighted by Crippen LogP contribution is -2.28. The number of hydrogen-bond acceptors (Lipinski definition) is 2. The van der Waals surface area contributed by atoms with E-state index in [1.807, 2.05) is 30.0 Å². The minimum Gasteiger partial charge on any atom is -0.395 e. The van der Waals surface area contributed by atoms with E-state index in [-0.39, 0.29) is 12.5 Å². The number of hydrogen-bond donors (Lipinski definition) is 1. The Morgan fingerprint density at radius 1 is 1.33 bits per heavy atom. The first-order chi connectivity index (χ1) is 10.0. The van der Waals surface area contributed by atoms with E-state index in [2.05, 4.69) is 25.7 Å². The van der Waals surface area contributed by atoms with E-state index in [1.165, 1.54) is 0 Å². The summed E-state index contributed by atoms with van der Waals surface area (Å²) in [4.78, 5) is 14.5. The molecule has 1 aliphatic heterocycles. The maximum Gasteiger partial charge on any atom is 0.253 e. The molecular weight excluding hydrogens is 262 g/mol. The Balaban J connectivity index is 2.19. The van der Waals surface area contributed by atoms with Crippen molar-refractivity contribution in [2.24, 2.45) is 11.8 Å². The molecule has 1 fully saturated rings. The number of rotatable bonds is 2. The van der Waals surface area contributed by atoms with E-state index in [0.29, 0.717) is 23.8 Å². The summed E-state index contributed by atoms with van der Waals surface area (Å²) in [7, 11) is 0. The molecule has 1 aliphatic rings. The molecule has 0 bridgehead atoms. The third-order valence-corrected chi connectivity index (χ3v) is 4.22. The predicted molar refractivity (Wildman–Crippen MR) is 84.0 cm³/mol. The quantitative estimate of drug-likeness (QED) is 0.848. The van der Waals surface area contributed by atoms with Gasteiger partial charge in [0.05, 0.1) is 6.61 Å². The van der Waals surface area contributed by atoms with Gasteiger partial charge in [-0.3, -0.25) is 4.79 Å². The number of aliphatic hydroxyl groups excluding tert-OH is 1. The van der Waals surface area contributed by atoms with Crippen molar-refractivity contribution >= 4 is 5.91 Å². The monoisotopic (exact) mass is 285 g/mol. The van der Waals surface area contributed by atoms with Gasteiger partial charge >= 0.3 is 0 Å². The van der Waals surface area contributed by atoms with Crippen molar-refractivity contribution in [3.8, 4) is 11.8 Å². The van der Waals surface area contributed by atoms with E-state index in [0.717, 1.165) is 24.2 Å². The van der Waals surface area contributed by atoms with Crippen LogP contribution in [0, 0.1) is 30.6 Å². The van der Waals surface area contributed by atoms with Crippen molar-refractivity contribution in [1.82, 2.24) is 4.90 Å². The van der Waals surface area contributed by atoms with Crippen LogP contribution in [-0.4, -0.2) is 35.6 Å². The number of carbonyl (C=O) groups excluding carboxylic acids is 1. The van der Waals surface area contributed by atoms with E-state index >= 15 is 0 Å². The van der Waals surface area contributed by atoms with Crippen LogP contribution in [-0.2, 0) is 0 Å². The van der Waals surface area contributed by atoms with Gasteiger partial charge in [0, 0.05) is 30.6 Å². The molecule has 1 heterocycles. The molecule has 3 heteroatoms. The molecule has 0 spiro atoms. The number of benzene rings is 1. The van der Waals surface area contributed by atoms with Crippen LogP contribution in [0.5, 0.6) is 0 Å². The smallest absolute Gasteiger partial charge is 0.253 e. The minimum absolute atomic E-state index is 0.0637. The standard InChI is InChI=1S/C18H23NO2/c1-13-7-8-17(10-16(13)6-4-5-9-20)18(21)19-11-14(2)15(3)12-19/h7-8,10,14-15,20H,5,9,11-12H2,1-3H3. The van der Waals surface area contributed by atoms with Crippen LogP contribution < -0.4 is 0 Å². The number of aryl methyl sites for hydroxylation is 1. The van der Waals surface area contributed by atoms with Crippen LogP contribution >= 0.6 is 0 Å². The highest BCUT2D eigenvalue weighted by Crippen LogP contribution is 2.24. The van der Waals surface area contributed by atoms with Crippen LogP contribution in [0.25, 0.3) is 0 Å². The molecule has 0 aromatic heterocycles. The molecule has 1 saturated heterocycles. The molecule has 2 unspecified atom stereocenters. The maximum absolute atomic E-state index is 12.6. The molecule has 1 amide bonds. The summed E-state index contributed by atoms with van der Waals surface area (Å²) in [5.74, 6) is 7.16. The fourth-order valence-corrected chi connectivity index (χ4v) is 2.58. The molecule has 21 heavy (non-hydrogen) atoms. The number of nitrogens with zero attached hydrogens (tertiary/aromatic N) is 1. The molecule has 2 atom stereocenters. The van der Waals surface area contributed by atoms with Gasteiger partial charge in [0.2, 0.25) is 0 Å². The van der Waals surface area contributed by atoms with Crippen molar-refractivity contribution in [3.63, 3.8) is 0 Å². The second-order valence-corrected chi connectivity index (χ2v) is 5.97. The minimum atomic E-state index is 0.0637. The Morgan fingerprint density at radius 2 is 2.00 bits per heavy atom. The first-order valence-corrected chi connectivity index (χ1v) is 7.52. The average molecular weight is 285 g/mol. The van der Waals surface area contributed by atoms with Gasteiger partial charge in [0.25, 0.3) is 5.91 Å². The number of likely N-dealkylation sites (tertiary alicyclic amines) is 1. The van der Waals surface area contributed by atoms with Crippen LogP contribution in [0.3, 0.4) is 0 Å². The Kier molecular flexibility index (Phi) is 5.03. The van der Waals surface area contributed by atoms with Gasteiger partial charge in [-0.1, -0.05) is 31.8 Å². The van der Waals surface area contributed by atoms with Crippen molar-refractivity contribution in [1.29, 1.82) is 0 Å². The molecule has 1 N–H and O–H groups in total. The Morgan fingerprint density at radius 3 is 2.62 bits per heavy atom. The first-order valence-electron chi connectivity index (χ1n) is 7.52. The van der Waals surface area contributed by atoms with Gasteiger partial charge in [-0.15, -0.1) is 0 Å². The van der Waals surface area contributed by atoms with Crippen LogP contribution in [0.15, 0.2) is 18.2 Å². The van der Waals surface area contributed by atoms with Crippen LogP contribution in [0.1, 0.15) is 41.8 Å². The van der Waals surface area contributed by atoms with Crippen molar-refractivity contribution in [2.45, 2.75) is 27.2 Å². The van der Waals surface area contributed by atoms with Gasteiger partial charge in [0.15, 0.2) is 0 Å². The highest BCUT2D eigenvalue weighted by Gasteiger charge is 2.29. The predicted octanol–water partition coefficient (Wildman–Crippen LogP) is 2.46. The van der Waals surface area contributed by atoms with Crippen molar-refractivity contribution in [2.75, 3.05) is 19.7 Å². The number of aliphatic hydroxyl groups is 1. The highest BCUT2D eigenvalue weighted by atomic mass is 16.2. The Bertz CT molecular complexity index is 573. The first kappa shape index (κ1) is 15.6. The van der Waals surface area contributed by atoms with Gasteiger partial charge in [-0.2, -0.15) is 0 Å². The summed E-state index contributed by atoms with van der Waals surface area (Å²) in [6.45, 7) is 8.10. The number of carbonyl (C=O) groups is 1. The van der Waals surface area contributed by atoms with E-state index in [9.17, 15) is 4.79 Å². The van der Waals surface area contributed by atoms with E-state index in [1.54, 1.807) is 0 Å². The summed E-state index contributed by atoms with van der Waals surface area (Å²) in [6, 6.07) is 5.69.